The van der Waals surface area contributed by atoms with E-state index in [1.807, 2.05) is 18.2 Å². The van der Waals surface area contributed by atoms with Crippen LogP contribution in [0, 0.1) is 10.1 Å². The van der Waals surface area contributed by atoms with E-state index in [1.54, 1.807) is 0 Å². The first-order valence-corrected chi connectivity index (χ1v) is 9.04. The number of nitrogens with zero attached hydrogens (tertiary/aromatic N) is 1. The van der Waals surface area contributed by atoms with Gasteiger partial charge in [-0.2, -0.15) is 0 Å². The molecule has 0 bridgehead atoms. The molecule has 0 saturated heterocycles. The number of nitrogens with one attached hydrogen (secondary N) is 2. The molecule has 0 aliphatic carbocycles. The van der Waals surface area contributed by atoms with Gasteiger partial charge in [-0.1, -0.05) is 12.1 Å². The van der Waals surface area contributed by atoms with Crippen molar-refractivity contribution in [3.05, 3.63) is 63.7 Å². The number of sulfonamides is 1. The van der Waals surface area contributed by atoms with Crippen molar-refractivity contribution in [1.29, 1.82) is 0 Å². The van der Waals surface area contributed by atoms with Crippen LogP contribution in [0.1, 0.15) is 17.5 Å². The summed E-state index contributed by atoms with van der Waals surface area (Å²) in [6, 6.07) is 10.7. The number of benzene rings is 2. The van der Waals surface area contributed by atoms with E-state index in [9.17, 15) is 18.5 Å². The summed E-state index contributed by atoms with van der Waals surface area (Å²) in [6.07, 6.45) is 2.04. The van der Waals surface area contributed by atoms with Crippen LogP contribution in [-0.2, 0) is 23.0 Å². The van der Waals surface area contributed by atoms with Gasteiger partial charge in [-0.25, -0.2) is 13.1 Å². The molecule has 0 saturated carbocycles. The van der Waals surface area contributed by atoms with Gasteiger partial charge < -0.3 is 5.32 Å². The highest BCUT2D eigenvalue weighted by Crippen LogP contribution is 2.23. The van der Waals surface area contributed by atoms with Gasteiger partial charge in [0.05, 0.1) is 9.82 Å². The first kappa shape index (κ1) is 16.4. The molecule has 8 heteroatoms. The van der Waals surface area contributed by atoms with Crippen LogP contribution >= 0.6 is 0 Å². The quantitative estimate of drug-likeness (QED) is 0.639. The predicted octanol–water partition coefficient (Wildman–Crippen LogP) is 2.43. The molecule has 2 aromatic rings. The fourth-order valence-corrected chi connectivity index (χ4v) is 3.66. The van der Waals surface area contributed by atoms with Gasteiger partial charge in [0.15, 0.2) is 0 Å². The molecule has 24 heavy (non-hydrogen) atoms. The lowest BCUT2D eigenvalue weighted by molar-refractivity contribution is -0.384. The van der Waals surface area contributed by atoms with Crippen LogP contribution < -0.4 is 10.0 Å². The van der Waals surface area contributed by atoms with Crippen LogP contribution in [0.3, 0.4) is 0 Å². The topological polar surface area (TPSA) is 101 Å². The van der Waals surface area contributed by atoms with Gasteiger partial charge in [0.25, 0.3) is 5.69 Å². The smallest absolute Gasteiger partial charge is 0.269 e. The maximum Gasteiger partial charge on any atom is 0.269 e. The zero-order valence-corrected chi connectivity index (χ0v) is 13.7. The molecule has 2 N–H and O–H groups in total. The summed E-state index contributed by atoms with van der Waals surface area (Å²) in [7, 11) is -3.71. The number of rotatable bonds is 5. The first-order chi connectivity index (χ1) is 11.5. The lowest BCUT2D eigenvalue weighted by atomic mass is 10.0. The summed E-state index contributed by atoms with van der Waals surface area (Å²) in [5.41, 5.74) is 3.02. The summed E-state index contributed by atoms with van der Waals surface area (Å²) < 4.78 is 27.1. The highest BCUT2D eigenvalue weighted by atomic mass is 32.2. The van der Waals surface area contributed by atoms with Crippen molar-refractivity contribution in [3.63, 3.8) is 0 Å². The molecule has 2 aromatic carbocycles. The molecule has 0 aromatic heterocycles. The zero-order valence-electron chi connectivity index (χ0n) is 12.9. The van der Waals surface area contributed by atoms with E-state index in [-0.39, 0.29) is 17.1 Å². The van der Waals surface area contributed by atoms with Crippen molar-refractivity contribution in [2.75, 3.05) is 11.9 Å². The molecule has 0 unspecified atom stereocenters. The molecule has 1 aliphatic rings. The molecule has 1 aliphatic heterocycles. The van der Waals surface area contributed by atoms with Gasteiger partial charge in [-0.05, 0) is 42.2 Å². The second-order valence-corrected chi connectivity index (χ2v) is 7.36. The maximum atomic E-state index is 12.3. The number of hydrogen-bond acceptors (Lipinski definition) is 5. The monoisotopic (exact) mass is 347 g/mol. The number of fused-ring (bicyclic) bond motifs is 1. The molecule has 0 spiro atoms. The Bertz CT molecular complexity index is 863. The summed E-state index contributed by atoms with van der Waals surface area (Å²) in [5, 5.41) is 13.9. The minimum atomic E-state index is -3.71. The SMILES string of the molecule is O=[N+]([O-])c1ccc(S(=O)(=O)NCc2ccc3c(c2)CCCN3)cc1. The van der Waals surface area contributed by atoms with E-state index in [0.29, 0.717) is 0 Å². The van der Waals surface area contributed by atoms with Crippen LogP contribution in [0.2, 0.25) is 0 Å². The van der Waals surface area contributed by atoms with Crippen LogP contribution in [0.25, 0.3) is 0 Å². The van der Waals surface area contributed by atoms with Crippen molar-refractivity contribution in [1.82, 2.24) is 4.72 Å². The minimum absolute atomic E-state index is 0.00715. The third-order valence-corrected chi connectivity index (χ3v) is 5.35. The Morgan fingerprint density at radius 3 is 2.62 bits per heavy atom. The lowest BCUT2D eigenvalue weighted by Gasteiger charge is -2.18. The average molecular weight is 347 g/mol. The van der Waals surface area contributed by atoms with E-state index >= 15 is 0 Å². The van der Waals surface area contributed by atoms with E-state index in [1.165, 1.54) is 29.8 Å². The minimum Gasteiger partial charge on any atom is -0.385 e. The summed E-state index contributed by atoms with van der Waals surface area (Å²) in [5.74, 6) is 0. The number of non-ortho nitro benzene ring substituents is 1. The van der Waals surface area contributed by atoms with Gasteiger partial charge in [0, 0.05) is 30.9 Å². The van der Waals surface area contributed by atoms with Crippen molar-refractivity contribution in [2.24, 2.45) is 0 Å². The molecular formula is C16H17N3O4S. The summed E-state index contributed by atoms with van der Waals surface area (Å²) in [6.45, 7) is 1.13. The Labute approximate surface area is 139 Å². The lowest BCUT2D eigenvalue weighted by Crippen LogP contribution is -2.23. The fraction of sp³-hybridized carbons (Fsp3) is 0.250. The second kappa shape index (κ2) is 6.58. The highest BCUT2D eigenvalue weighted by Gasteiger charge is 2.16. The standard InChI is InChI=1S/C16H17N3O4S/c20-19(21)14-4-6-15(7-5-14)24(22,23)18-11-12-3-8-16-13(10-12)2-1-9-17-16/h3-8,10,17-18H,1-2,9,11H2. The van der Waals surface area contributed by atoms with E-state index < -0.39 is 14.9 Å². The summed E-state index contributed by atoms with van der Waals surface area (Å²) >= 11 is 0. The van der Waals surface area contributed by atoms with Crippen LogP contribution in [0.5, 0.6) is 0 Å². The Morgan fingerprint density at radius 1 is 1.17 bits per heavy atom. The Morgan fingerprint density at radius 2 is 1.92 bits per heavy atom. The van der Waals surface area contributed by atoms with Crippen LogP contribution in [0.4, 0.5) is 11.4 Å². The molecule has 0 radical (unpaired) electrons. The van der Waals surface area contributed by atoms with Crippen LogP contribution in [-0.4, -0.2) is 19.9 Å². The average Bonchev–Trinajstić information content (AvgIpc) is 2.60. The molecule has 3 rings (SSSR count). The third-order valence-electron chi connectivity index (χ3n) is 3.93. The van der Waals surface area contributed by atoms with Gasteiger partial charge in [-0.15, -0.1) is 0 Å². The molecule has 126 valence electrons. The van der Waals surface area contributed by atoms with Gasteiger partial charge in [0.1, 0.15) is 0 Å². The highest BCUT2D eigenvalue weighted by molar-refractivity contribution is 7.89. The number of nitro benzene ring substituents is 1. The molecule has 7 nitrogen and oxygen atoms in total. The second-order valence-electron chi connectivity index (χ2n) is 5.60. The molecule has 0 amide bonds. The van der Waals surface area contributed by atoms with Gasteiger partial charge in [0.2, 0.25) is 10.0 Å². The zero-order chi connectivity index (χ0) is 17.2. The first-order valence-electron chi connectivity index (χ1n) is 7.55. The van der Waals surface area contributed by atoms with Crippen LogP contribution in [0.15, 0.2) is 47.4 Å². The van der Waals surface area contributed by atoms with Gasteiger partial charge >= 0.3 is 0 Å². The summed E-state index contributed by atoms with van der Waals surface area (Å²) in [4.78, 5) is 10.1. The normalized spacial score (nSPS) is 13.8. The van der Waals surface area contributed by atoms with Crippen molar-refractivity contribution < 1.29 is 13.3 Å². The van der Waals surface area contributed by atoms with E-state index in [2.05, 4.69) is 10.0 Å². The largest absolute Gasteiger partial charge is 0.385 e. The van der Waals surface area contributed by atoms with E-state index in [0.717, 1.165) is 30.6 Å². The third kappa shape index (κ3) is 3.55. The fourth-order valence-electron chi connectivity index (χ4n) is 2.65. The number of anilines is 1. The Balaban J connectivity index is 1.72. The molecule has 0 fully saturated rings. The number of aryl methyl sites for hydroxylation is 1. The van der Waals surface area contributed by atoms with E-state index in [4.69, 9.17) is 0 Å². The Hall–Kier alpha value is -2.45. The van der Waals surface area contributed by atoms with Crippen molar-refractivity contribution in [2.45, 2.75) is 24.3 Å². The molecule has 1 heterocycles. The van der Waals surface area contributed by atoms with Crippen molar-refractivity contribution >= 4 is 21.4 Å². The maximum absolute atomic E-state index is 12.3. The number of nitro groups is 1. The molecule has 0 atom stereocenters. The van der Waals surface area contributed by atoms with Crippen molar-refractivity contribution in [3.8, 4) is 0 Å². The van der Waals surface area contributed by atoms with Gasteiger partial charge in [-0.3, -0.25) is 10.1 Å². The Kier molecular flexibility index (Phi) is 4.50. The predicted molar refractivity (Wildman–Crippen MR) is 90.4 cm³/mol. The number of hydrogen-bond donors (Lipinski definition) is 2. The molecular weight excluding hydrogens is 330 g/mol.